The quantitative estimate of drug-likeness (QED) is 0.541. The SMILES string of the molecule is CCN(CC)C(=O)CSc1ncc(-c2ccc(F)cc2)n1Cc1ccco1. The van der Waals surface area contributed by atoms with Gasteiger partial charge in [0, 0.05) is 13.1 Å². The van der Waals surface area contributed by atoms with Crippen LogP contribution in [0.15, 0.2) is 58.4 Å². The molecule has 2 heterocycles. The Hall–Kier alpha value is -2.54. The molecule has 142 valence electrons. The predicted molar refractivity (Wildman–Crippen MR) is 104 cm³/mol. The van der Waals surface area contributed by atoms with Crippen LogP contribution in [0.25, 0.3) is 11.3 Å². The summed E-state index contributed by atoms with van der Waals surface area (Å²) in [6.07, 6.45) is 3.38. The Bertz CT molecular complexity index is 871. The number of rotatable bonds is 8. The molecular weight excluding hydrogens is 365 g/mol. The summed E-state index contributed by atoms with van der Waals surface area (Å²) in [5.74, 6) is 0.907. The summed E-state index contributed by atoms with van der Waals surface area (Å²) in [5.41, 5.74) is 1.71. The van der Waals surface area contributed by atoms with Crippen LogP contribution in [0.4, 0.5) is 4.39 Å². The Morgan fingerprint density at radius 3 is 2.59 bits per heavy atom. The van der Waals surface area contributed by atoms with Gasteiger partial charge in [-0.2, -0.15) is 0 Å². The molecule has 27 heavy (non-hydrogen) atoms. The van der Waals surface area contributed by atoms with E-state index in [9.17, 15) is 9.18 Å². The third-order valence-electron chi connectivity index (χ3n) is 4.29. The van der Waals surface area contributed by atoms with E-state index in [1.807, 2.05) is 30.5 Å². The number of halogens is 1. The highest BCUT2D eigenvalue weighted by Gasteiger charge is 2.17. The molecule has 2 aromatic heterocycles. The number of hydrogen-bond acceptors (Lipinski definition) is 4. The van der Waals surface area contributed by atoms with E-state index in [0.29, 0.717) is 25.4 Å². The molecule has 0 spiro atoms. The lowest BCUT2D eigenvalue weighted by molar-refractivity contribution is -0.127. The Morgan fingerprint density at radius 2 is 1.96 bits per heavy atom. The lowest BCUT2D eigenvalue weighted by Gasteiger charge is -2.18. The van der Waals surface area contributed by atoms with Gasteiger partial charge in [0.2, 0.25) is 5.91 Å². The van der Waals surface area contributed by atoms with Crippen LogP contribution in [0, 0.1) is 5.82 Å². The van der Waals surface area contributed by atoms with Crippen LogP contribution in [-0.4, -0.2) is 39.2 Å². The molecule has 0 fully saturated rings. The second kappa shape index (κ2) is 8.90. The molecule has 1 aromatic carbocycles. The van der Waals surface area contributed by atoms with Gasteiger partial charge < -0.3 is 13.9 Å². The van der Waals surface area contributed by atoms with E-state index in [-0.39, 0.29) is 11.7 Å². The first-order chi connectivity index (χ1) is 13.1. The van der Waals surface area contributed by atoms with Gasteiger partial charge in [-0.05, 0) is 55.8 Å². The molecule has 1 amide bonds. The van der Waals surface area contributed by atoms with Crippen LogP contribution < -0.4 is 0 Å². The molecule has 0 aliphatic carbocycles. The minimum Gasteiger partial charge on any atom is -0.467 e. The van der Waals surface area contributed by atoms with E-state index in [1.54, 1.807) is 29.5 Å². The fourth-order valence-electron chi connectivity index (χ4n) is 2.83. The second-order valence-corrected chi connectivity index (χ2v) is 6.90. The lowest BCUT2D eigenvalue weighted by atomic mass is 10.1. The zero-order valence-corrected chi connectivity index (χ0v) is 16.2. The molecular formula is C20H22FN3O2S. The van der Waals surface area contributed by atoms with Gasteiger partial charge in [0.15, 0.2) is 5.16 Å². The van der Waals surface area contributed by atoms with Crippen LogP contribution in [0.5, 0.6) is 0 Å². The zero-order chi connectivity index (χ0) is 19.2. The van der Waals surface area contributed by atoms with Gasteiger partial charge >= 0.3 is 0 Å². The number of nitrogens with zero attached hydrogens (tertiary/aromatic N) is 3. The minimum absolute atomic E-state index is 0.0841. The summed E-state index contributed by atoms with van der Waals surface area (Å²) in [4.78, 5) is 18.6. The molecule has 0 saturated heterocycles. The number of hydrogen-bond donors (Lipinski definition) is 0. The fraction of sp³-hybridized carbons (Fsp3) is 0.300. The Balaban J connectivity index is 1.87. The summed E-state index contributed by atoms with van der Waals surface area (Å²) in [6.45, 7) is 5.81. The number of benzene rings is 1. The first-order valence-electron chi connectivity index (χ1n) is 8.86. The van der Waals surface area contributed by atoms with Crippen molar-refractivity contribution >= 4 is 17.7 Å². The number of amides is 1. The Labute approximate surface area is 162 Å². The molecule has 7 heteroatoms. The van der Waals surface area contributed by atoms with Crippen LogP contribution in [0.2, 0.25) is 0 Å². The highest BCUT2D eigenvalue weighted by atomic mass is 32.2. The summed E-state index contributed by atoms with van der Waals surface area (Å²) >= 11 is 1.40. The van der Waals surface area contributed by atoms with Crippen LogP contribution in [0.3, 0.4) is 0 Å². The van der Waals surface area contributed by atoms with Crippen molar-refractivity contribution in [2.45, 2.75) is 25.5 Å². The van der Waals surface area contributed by atoms with Gasteiger partial charge in [-0.15, -0.1) is 0 Å². The van der Waals surface area contributed by atoms with E-state index >= 15 is 0 Å². The maximum absolute atomic E-state index is 13.3. The van der Waals surface area contributed by atoms with Crippen molar-refractivity contribution in [3.8, 4) is 11.3 Å². The van der Waals surface area contributed by atoms with Crippen molar-refractivity contribution in [2.24, 2.45) is 0 Å². The number of carbonyl (C=O) groups is 1. The van der Waals surface area contributed by atoms with Crippen molar-refractivity contribution in [3.05, 3.63) is 60.4 Å². The second-order valence-electron chi connectivity index (χ2n) is 5.95. The topological polar surface area (TPSA) is 51.3 Å². The first-order valence-corrected chi connectivity index (χ1v) is 9.85. The van der Waals surface area contributed by atoms with Crippen molar-refractivity contribution in [3.63, 3.8) is 0 Å². The smallest absolute Gasteiger partial charge is 0.233 e. The highest BCUT2D eigenvalue weighted by molar-refractivity contribution is 7.99. The molecule has 0 atom stereocenters. The van der Waals surface area contributed by atoms with Crippen molar-refractivity contribution in [1.82, 2.24) is 14.5 Å². The van der Waals surface area contributed by atoms with Gasteiger partial charge in [-0.25, -0.2) is 9.37 Å². The fourth-order valence-corrected chi connectivity index (χ4v) is 3.71. The minimum atomic E-state index is -0.282. The molecule has 0 saturated carbocycles. The first kappa shape index (κ1) is 19.2. The van der Waals surface area contributed by atoms with Crippen LogP contribution in [0.1, 0.15) is 19.6 Å². The maximum atomic E-state index is 13.3. The van der Waals surface area contributed by atoms with Gasteiger partial charge in [0.1, 0.15) is 11.6 Å². The maximum Gasteiger partial charge on any atom is 0.233 e. The molecule has 0 bridgehead atoms. The van der Waals surface area contributed by atoms with E-state index in [4.69, 9.17) is 4.42 Å². The van der Waals surface area contributed by atoms with E-state index in [1.165, 1.54) is 23.9 Å². The largest absolute Gasteiger partial charge is 0.467 e. The predicted octanol–water partition coefficient (Wildman–Crippen LogP) is 4.29. The third kappa shape index (κ3) is 4.60. The molecule has 0 aliphatic rings. The summed E-state index contributed by atoms with van der Waals surface area (Å²) < 4.78 is 20.8. The molecule has 3 aromatic rings. The molecule has 0 aliphatic heterocycles. The molecule has 0 unspecified atom stereocenters. The molecule has 3 rings (SSSR count). The van der Waals surface area contributed by atoms with Crippen molar-refractivity contribution in [1.29, 1.82) is 0 Å². The summed E-state index contributed by atoms with van der Waals surface area (Å²) in [5, 5.41) is 0.728. The van der Waals surface area contributed by atoms with Gasteiger partial charge in [-0.3, -0.25) is 4.79 Å². The number of thioether (sulfide) groups is 1. The third-order valence-corrected chi connectivity index (χ3v) is 5.27. The summed E-state index contributed by atoms with van der Waals surface area (Å²) in [7, 11) is 0. The van der Waals surface area contributed by atoms with E-state index in [2.05, 4.69) is 4.98 Å². The van der Waals surface area contributed by atoms with Gasteiger partial charge in [-0.1, -0.05) is 11.8 Å². The van der Waals surface area contributed by atoms with Gasteiger partial charge in [0.25, 0.3) is 0 Å². The number of furan rings is 1. The average molecular weight is 387 g/mol. The van der Waals surface area contributed by atoms with Crippen molar-refractivity contribution in [2.75, 3.05) is 18.8 Å². The van der Waals surface area contributed by atoms with Crippen LogP contribution in [-0.2, 0) is 11.3 Å². The number of imidazole rings is 1. The zero-order valence-electron chi connectivity index (χ0n) is 15.4. The normalized spacial score (nSPS) is 10.9. The van der Waals surface area contributed by atoms with Gasteiger partial charge in [0.05, 0.1) is 30.5 Å². The average Bonchev–Trinajstić information content (AvgIpc) is 3.32. The summed E-state index contributed by atoms with van der Waals surface area (Å²) in [6, 6.07) is 10.0. The highest BCUT2D eigenvalue weighted by Crippen LogP contribution is 2.27. The number of carbonyl (C=O) groups excluding carboxylic acids is 1. The van der Waals surface area contributed by atoms with E-state index in [0.717, 1.165) is 22.2 Å². The van der Waals surface area contributed by atoms with E-state index < -0.39 is 0 Å². The Morgan fingerprint density at radius 1 is 1.22 bits per heavy atom. The van der Waals surface area contributed by atoms with Crippen molar-refractivity contribution < 1.29 is 13.6 Å². The van der Waals surface area contributed by atoms with Crippen LogP contribution >= 0.6 is 11.8 Å². The Kier molecular flexibility index (Phi) is 6.34. The molecule has 0 radical (unpaired) electrons. The monoisotopic (exact) mass is 387 g/mol. The lowest BCUT2D eigenvalue weighted by Crippen LogP contribution is -2.31. The number of aromatic nitrogens is 2. The molecule has 5 nitrogen and oxygen atoms in total. The standard InChI is InChI=1S/C20H22FN3O2S/c1-3-23(4-2)19(25)14-27-20-22-12-18(15-7-9-16(21)10-8-15)24(20)13-17-6-5-11-26-17/h5-12H,3-4,13-14H2,1-2H3. The molecule has 0 N–H and O–H groups in total.